The van der Waals surface area contributed by atoms with Crippen LogP contribution in [0.5, 0.6) is 0 Å². The van der Waals surface area contributed by atoms with E-state index in [2.05, 4.69) is 5.32 Å². The van der Waals surface area contributed by atoms with Crippen LogP contribution in [0.3, 0.4) is 0 Å². The molecular weight excluding hydrogens is 438 g/mol. The number of aliphatic hydroxyl groups excluding tert-OH is 1. The van der Waals surface area contributed by atoms with Crippen LogP contribution in [0.25, 0.3) is 0 Å². The minimum Gasteiger partial charge on any atom is -0.481 e. The Hall–Kier alpha value is -2.91. The zero-order valence-electron chi connectivity index (χ0n) is 16.7. The van der Waals surface area contributed by atoms with Crippen molar-refractivity contribution in [2.24, 2.45) is 11.5 Å². The maximum absolute atomic E-state index is 12.4. The SMILES string of the molecule is CSCCC(NC(=O)C(CC(=O)O)NC(=O)C(CO)NC(=O)C(N)CC(N)=O)C(=O)O. The van der Waals surface area contributed by atoms with Crippen LogP contribution in [0, 0.1) is 0 Å². The zero-order chi connectivity index (χ0) is 24.1. The number of hydrogen-bond donors (Lipinski definition) is 8. The number of carbonyl (C=O) groups is 6. The molecule has 31 heavy (non-hydrogen) atoms. The van der Waals surface area contributed by atoms with Gasteiger partial charge in [-0.2, -0.15) is 11.8 Å². The van der Waals surface area contributed by atoms with Gasteiger partial charge in [0.2, 0.25) is 23.6 Å². The number of carbonyl (C=O) groups excluding carboxylic acids is 4. The molecule has 14 nitrogen and oxygen atoms in total. The molecule has 0 aromatic heterocycles. The molecule has 0 heterocycles. The highest BCUT2D eigenvalue weighted by molar-refractivity contribution is 7.98. The van der Waals surface area contributed by atoms with Gasteiger partial charge in [-0.15, -0.1) is 0 Å². The van der Waals surface area contributed by atoms with Crippen molar-refractivity contribution in [2.45, 2.75) is 43.4 Å². The van der Waals surface area contributed by atoms with Crippen molar-refractivity contribution in [1.29, 1.82) is 0 Å². The summed E-state index contributed by atoms with van der Waals surface area (Å²) in [4.78, 5) is 69.8. The molecule has 0 bridgehead atoms. The fourth-order valence-electron chi connectivity index (χ4n) is 2.20. The Kier molecular flexibility index (Phi) is 12.8. The number of hydrogen-bond acceptors (Lipinski definition) is 9. The van der Waals surface area contributed by atoms with Crippen LogP contribution < -0.4 is 27.4 Å². The topological polar surface area (TPSA) is 251 Å². The largest absolute Gasteiger partial charge is 0.481 e. The van der Waals surface area contributed by atoms with Gasteiger partial charge in [-0.25, -0.2) is 4.79 Å². The third-order valence-electron chi connectivity index (χ3n) is 3.81. The van der Waals surface area contributed by atoms with E-state index >= 15 is 0 Å². The van der Waals surface area contributed by atoms with Crippen LogP contribution in [-0.2, 0) is 28.8 Å². The number of amides is 4. The van der Waals surface area contributed by atoms with E-state index in [1.54, 1.807) is 6.26 Å². The van der Waals surface area contributed by atoms with Crippen molar-refractivity contribution in [3.63, 3.8) is 0 Å². The third-order valence-corrected chi connectivity index (χ3v) is 4.45. The number of nitrogens with two attached hydrogens (primary N) is 2. The van der Waals surface area contributed by atoms with E-state index in [0.717, 1.165) is 0 Å². The molecule has 0 aromatic carbocycles. The highest BCUT2D eigenvalue weighted by Gasteiger charge is 2.31. The fraction of sp³-hybridized carbons (Fsp3) is 0.625. The van der Waals surface area contributed by atoms with Crippen molar-refractivity contribution in [1.82, 2.24) is 16.0 Å². The Morgan fingerprint density at radius 3 is 1.84 bits per heavy atom. The van der Waals surface area contributed by atoms with Gasteiger partial charge in [-0.3, -0.25) is 24.0 Å². The number of aliphatic carboxylic acids is 2. The summed E-state index contributed by atoms with van der Waals surface area (Å²) < 4.78 is 0. The van der Waals surface area contributed by atoms with Crippen molar-refractivity contribution in [2.75, 3.05) is 18.6 Å². The Bertz CT molecular complexity index is 690. The zero-order valence-corrected chi connectivity index (χ0v) is 17.5. The Balaban J connectivity index is 5.25. The summed E-state index contributed by atoms with van der Waals surface area (Å²) in [6, 6.07) is -6.02. The number of primary amides is 1. The summed E-state index contributed by atoms with van der Waals surface area (Å²) in [7, 11) is 0. The Labute approximate surface area is 181 Å². The van der Waals surface area contributed by atoms with Gasteiger partial charge in [-0.1, -0.05) is 0 Å². The minimum absolute atomic E-state index is 0.0586. The van der Waals surface area contributed by atoms with Gasteiger partial charge in [0.15, 0.2) is 0 Å². The first kappa shape index (κ1) is 28.1. The Morgan fingerprint density at radius 2 is 1.39 bits per heavy atom. The summed E-state index contributed by atoms with van der Waals surface area (Å²) in [5, 5.41) is 33.8. The molecule has 0 radical (unpaired) electrons. The van der Waals surface area contributed by atoms with E-state index in [4.69, 9.17) is 16.6 Å². The molecule has 4 unspecified atom stereocenters. The normalized spacial score (nSPS) is 14.4. The number of nitrogens with one attached hydrogen (secondary N) is 3. The standard InChI is InChI=1S/C16H27N5O9S/c1-31-3-2-8(16(29)30)19-14(27)9(5-12(24)25)20-15(28)10(6-22)21-13(26)7(17)4-11(18)23/h7-10,22H,2-6,17H2,1H3,(H2,18,23)(H,19,27)(H,20,28)(H,21,26)(H,24,25)(H,29,30). The fourth-order valence-corrected chi connectivity index (χ4v) is 2.68. The van der Waals surface area contributed by atoms with E-state index in [9.17, 15) is 39.0 Å². The van der Waals surface area contributed by atoms with Gasteiger partial charge in [0, 0.05) is 0 Å². The lowest BCUT2D eigenvalue weighted by molar-refractivity contribution is -0.143. The molecule has 0 spiro atoms. The summed E-state index contributed by atoms with van der Waals surface area (Å²) in [6.07, 6.45) is 0.373. The number of thioether (sulfide) groups is 1. The van der Waals surface area contributed by atoms with Gasteiger partial charge >= 0.3 is 11.9 Å². The second-order valence-electron chi connectivity index (χ2n) is 6.36. The van der Waals surface area contributed by atoms with Crippen LogP contribution in [0.15, 0.2) is 0 Å². The average Bonchev–Trinajstić information content (AvgIpc) is 2.66. The highest BCUT2D eigenvalue weighted by Crippen LogP contribution is 2.03. The number of rotatable bonds is 15. The quantitative estimate of drug-likeness (QED) is 0.115. The molecule has 176 valence electrons. The van der Waals surface area contributed by atoms with Crippen molar-refractivity contribution >= 4 is 47.3 Å². The van der Waals surface area contributed by atoms with E-state index in [0.29, 0.717) is 5.75 Å². The van der Waals surface area contributed by atoms with E-state index in [1.807, 2.05) is 10.6 Å². The molecule has 0 saturated heterocycles. The van der Waals surface area contributed by atoms with Crippen LogP contribution in [0.4, 0.5) is 0 Å². The molecule has 0 aromatic rings. The number of carboxylic acids is 2. The van der Waals surface area contributed by atoms with Crippen LogP contribution in [0.2, 0.25) is 0 Å². The molecule has 0 aliphatic rings. The molecule has 15 heteroatoms. The predicted molar refractivity (Wildman–Crippen MR) is 108 cm³/mol. The minimum atomic E-state index is -1.69. The molecule has 4 amide bonds. The second-order valence-corrected chi connectivity index (χ2v) is 7.35. The molecule has 0 aliphatic carbocycles. The Morgan fingerprint density at radius 1 is 0.871 bits per heavy atom. The molecule has 0 saturated carbocycles. The maximum Gasteiger partial charge on any atom is 0.326 e. The lowest BCUT2D eigenvalue weighted by Crippen LogP contribution is -2.58. The molecule has 10 N–H and O–H groups in total. The number of carboxylic acid groups (broad SMARTS) is 2. The average molecular weight is 465 g/mol. The highest BCUT2D eigenvalue weighted by atomic mass is 32.2. The molecule has 0 fully saturated rings. The van der Waals surface area contributed by atoms with Gasteiger partial charge in [0.05, 0.1) is 25.5 Å². The smallest absolute Gasteiger partial charge is 0.326 e. The van der Waals surface area contributed by atoms with Gasteiger partial charge in [0.1, 0.15) is 18.1 Å². The monoisotopic (exact) mass is 465 g/mol. The maximum atomic E-state index is 12.4. The van der Waals surface area contributed by atoms with E-state index < -0.39 is 79.2 Å². The molecule has 0 rings (SSSR count). The predicted octanol–water partition coefficient (Wildman–Crippen LogP) is -4.05. The first-order chi connectivity index (χ1) is 14.4. The summed E-state index contributed by atoms with van der Waals surface area (Å²) in [5.74, 6) is -6.47. The van der Waals surface area contributed by atoms with Crippen molar-refractivity contribution < 1.29 is 44.1 Å². The van der Waals surface area contributed by atoms with Crippen LogP contribution in [-0.4, -0.2) is 93.7 Å². The lowest BCUT2D eigenvalue weighted by Gasteiger charge is -2.23. The summed E-state index contributed by atoms with van der Waals surface area (Å²) >= 11 is 1.34. The molecule has 4 atom stereocenters. The molecule has 0 aliphatic heterocycles. The summed E-state index contributed by atoms with van der Waals surface area (Å²) in [6.45, 7) is -0.937. The van der Waals surface area contributed by atoms with Crippen LogP contribution in [0.1, 0.15) is 19.3 Å². The number of aliphatic hydroxyl groups is 1. The summed E-state index contributed by atoms with van der Waals surface area (Å²) in [5.41, 5.74) is 10.4. The van der Waals surface area contributed by atoms with Crippen molar-refractivity contribution in [3.8, 4) is 0 Å². The third kappa shape index (κ3) is 11.2. The van der Waals surface area contributed by atoms with Gasteiger partial charge in [-0.05, 0) is 18.4 Å². The first-order valence-corrected chi connectivity index (χ1v) is 10.3. The van der Waals surface area contributed by atoms with E-state index in [1.165, 1.54) is 11.8 Å². The van der Waals surface area contributed by atoms with E-state index in [-0.39, 0.29) is 6.42 Å². The van der Waals surface area contributed by atoms with Crippen molar-refractivity contribution in [3.05, 3.63) is 0 Å². The second kappa shape index (κ2) is 14.2. The van der Waals surface area contributed by atoms with Gasteiger partial charge < -0.3 is 42.7 Å². The van der Waals surface area contributed by atoms with Gasteiger partial charge in [0.25, 0.3) is 0 Å². The lowest BCUT2D eigenvalue weighted by atomic mass is 10.1. The van der Waals surface area contributed by atoms with Crippen LogP contribution >= 0.6 is 11.8 Å². The first-order valence-electron chi connectivity index (χ1n) is 8.92. The molecular formula is C16H27N5O9S.